The molecule has 0 bridgehead atoms. The van der Waals surface area contributed by atoms with Crippen molar-refractivity contribution in [2.75, 3.05) is 0 Å². The summed E-state index contributed by atoms with van der Waals surface area (Å²) in [7, 11) is 0. The minimum atomic E-state index is 0.337. The quantitative estimate of drug-likeness (QED) is 0.427. The average molecular weight is 421 g/mol. The lowest BCUT2D eigenvalue weighted by atomic mass is 9.72. The van der Waals surface area contributed by atoms with Gasteiger partial charge in [0.1, 0.15) is 23.5 Å². The molecule has 156 valence electrons. The van der Waals surface area contributed by atoms with Crippen LogP contribution < -0.4 is 4.74 Å². The number of para-hydroxylation sites is 1. The van der Waals surface area contributed by atoms with E-state index in [9.17, 15) is 0 Å². The Morgan fingerprint density at radius 2 is 1.97 bits per heavy atom. The molecule has 0 fully saturated rings. The molecular formula is C24H28N4OS. The van der Waals surface area contributed by atoms with Crippen molar-refractivity contribution in [3.05, 3.63) is 51.9 Å². The fourth-order valence-corrected chi connectivity index (χ4v) is 5.84. The van der Waals surface area contributed by atoms with E-state index in [1.54, 1.807) is 6.33 Å². The third kappa shape index (κ3) is 3.27. The van der Waals surface area contributed by atoms with E-state index in [0.717, 1.165) is 40.2 Å². The Hall–Kier alpha value is -2.47. The van der Waals surface area contributed by atoms with Crippen LogP contribution in [0.1, 0.15) is 54.6 Å². The molecule has 0 radical (unpaired) electrons. The lowest BCUT2D eigenvalue weighted by Gasteiger charge is -2.33. The minimum absolute atomic E-state index is 0.337. The normalized spacial score (nSPS) is 16.9. The first-order chi connectivity index (χ1) is 14.3. The number of nitrogens with zero attached hydrogens (tertiary/aromatic N) is 4. The van der Waals surface area contributed by atoms with Crippen molar-refractivity contribution in [3.8, 4) is 5.75 Å². The van der Waals surface area contributed by atoms with Crippen molar-refractivity contribution >= 4 is 27.2 Å². The Morgan fingerprint density at radius 3 is 2.70 bits per heavy atom. The number of hydrogen-bond donors (Lipinski definition) is 0. The molecule has 30 heavy (non-hydrogen) atoms. The van der Waals surface area contributed by atoms with Gasteiger partial charge in [0.2, 0.25) is 0 Å². The summed E-state index contributed by atoms with van der Waals surface area (Å²) in [4.78, 5) is 12.1. The van der Waals surface area contributed by atoms with Crippen LogP contribution in [0.15, 0.2) is 24.5 Å². The highest BCUT2D eigenvalue weighted by molar-refractivity contribution is 7.19. The molecule has 0 saturated heterocycles. The molecule has 1 aliphatic rings. The van der Waals surface area contributed by atoms with Gasteiger partial charge in [0.15, 0.2) is 11.5 Å². The first-order valence-corrected chi connectivity index (χ1v) is 11.5. The van der Waals surface area contributed by atoms with Crippen molar-refractivity contribution in [1.82, 2.24) is 19.6 Å². The summed E-state index contributed by atoms with van der Waals surface area (Å²) in [6, 6.07) is 6.18. The van der Waals surface area contributed by atoms with Gasteiger partial charge < -0.3 is 4.74 Å². The van der Waals surface area contributed by atoms with Gasteiger partial charge in [-0.3, -0.25) is 0 Å². The number of fused-ring (bicyclic) bond motifs is 5. The molecule has 5 nitrogen and oxygen atoms in total. The van der Waals surface area contributed by atoms with Gasteiger partial charge in [-0.25, -0.2) is 14.5 Å². The predicted molar refractivity (Wildman–Crippen MR) is 121 cm³/mol. The van der Waals surface area contributed by atoms with Crippen LogP contribution in [0.2, 0.25) is 0 Å². The van der Waals surface area contributed by atoms with Gasteiger partial charge in [-0.1, -0.05) is 39.0 Å². The molecule has 0 amide bonds. The zero-order valence-corrected chi connectivity index (χ0v) is 19.1. The second-order valence-corrected chi connectivity index (χ2v) is 10.6. The third-order valence-electron chi connectivity index (χ3n) is 6.41. The van der Waals surface area contributed by atoms with E-state index in [4.69, 9.17) is 14.7 Å². The zero-order chi connectivity index (χ0) is 21.0. The van der Waals surface area contributed by atoms with E-state index in [2.05, 4.69) is 51.9 Å². The van der Waals surface area contributed by atoms with Crippen molar-refractivity contribution in [2.24, 2.45) is 11.3 Å². The molecule has 1 atom stereocenters. The Morgan fingerprint density at radius 1 is 1.20 bits per heavy atom. The average Bonchev–Trinajstić information content (AvgIpc) is 3.26. The summed E-state index contributed by atoms with van der Waals surface area (Å²) in [6.45, 7) is 11.5. The van der Waals surface area contributed by atoms with Gasteiger partial charge in [0.05, 0.1) is 5.39 Å². The monoisotopic (exact) mass is 420 g/mol. The van der Waals surface area contributed by atoms with E-state index < -0.39 is 0 Å². The maximum atomic E-state index is 6.08. The van der Waals surface area contributed by atoms with Crippen molar-refractivity contribution in [2.45, 2.75) is 60.5 Å². The van der Waals surface area contributed by atoms with Gasteiger partial charge >= 0.3 is 0 Å². The largest absolute Gasteiger partial charge is 0.485 e. The molecular weight excluding hydrogens is 392 g/mol. The van der Waals surface area contributed by atoms with E-state index in [1.807, 2.05) is 21.9 Å². The maximum absolute atomic E-state index is 6.08. The third-order valence-corrected chi connectivity index (χ3v) is 7.57. The summed E-state index contributed by atoms with van der Waals surface area (Å²) in [5.74, 6) is 2.32. The molecule has 3 heterocycles. The maximum Gasteiger partial charge on any atom is 0.189 e. The number of aryl methyl sites for hydroxylation is 3. The lowest BCUT2D eigenvalue weighted by Crippen LogP contribution is -2.26. The Balaban J connectivity index is 1.49. The van der Waals surface area contributed by atoms with Crippen molar-refractivity contribution in [1.29, 1.82) is 0 Å². The Kier molecular flexibility index (Phi) is 4.58. The summed E-state index contributed by atoms with van der Waals surface area (Å²) < 4.78 is 7.90. The lowest BCUT2D eigenvalue weighted by molar-refractivity contribution is 0.218. The summed E-state index contributed by atoms with van der Waals surface area (Å²) in [5.41, 5.74) is 4.94. The standard InChI is InChI=1S/C24H28N4OS/c1-14-7-6-8-15(2)21(14)29-12-19-26-22-20-17-10-9-16(24(3,4)5)11-18(17)30-23(20)25-13-28(22)27-19/h6-8,13,16H,9-12H2,1-5H3/t16-/m1/s1. The smallest absolute Gasteiger partial charge is 0.189 e. The van der Waals surface area contributed by atoms with Crippen LogP contribution in [0.25, 0.3) is 15.9 Å². The van der Waals surface area contributed by atoms with Crippen LogP contribution in [0.4, 0.5) is 0 Å². The molecule has 0 N–H and O–H groups in total. The highest BCUT2D eigenvalue weighted by Gasteiger charge is 2.31. The first kappa shape index (κ1) is 19.5. The predicted octanol–water partition coefficient (Wildman–Crippen LogP) is 5.69. The minimum Gasteiger partial charge on any atom is -0.485 e. The molecule has 6 heteroatoms. The summed E-state index contributed by atoms with van der Waals surface area (Å²) in [5, 5.41) is 5.83. The molecule has 0 unspecified atom stereocenters. The highest BCUT2D eigenvalue weighted by atomic mass is 32.1. The number of rotatable bonds is 3. The van der Waals surface area contributed by atoms with Gasteiger partial charge in [-0.15, -0.1) is 16.4 Å². The van der Waals surface area contributed by atoms with Gasteiger partial charge in [-0.05, 0) is 61.1 Å². The van der Waals surface area contributed by atoms with Gasteiger partial charge in [-0.2, -0.15) is 0 Å². The summed E-state index contributed by atoms with van der Waals surface area (Å²) in [6.07, 6.45) is 5.25. The van der Waals surface area contributed by atoms with Crippen LogP contribution in [0.3, 0.4) is 0 Å². The van der Waals surface area contributed by atoms with Crippen LogP contribution in [-0.4, -0.2) is 19.6 Å². The van der Waals surface area contributed by atoms with E-state index >= 15 is 0 Å². The fraction of sp³-hybridized carbons (Fsp3) is 0.458. The number of hydrogen-bond acceptors (Lipinski definition) is 5. The second-order valence-electron chi connectivity index (χ2n) is 9.54. The number of benzene rings is 1. The van der Waals surface area contributed by atoms with Crippen LogP contribution >= 0.6 is 11.3 Å². The SMILES string of the molecule is Cc1cccc(C)c1OCc1nc2c3c4c(sc3ncn2n1)C[C@H](C(C)(C)C)CC4. The molecule has 5 rings (SSSR count). The van der Waals surface area contributed by atoms with Crippen molar-refractivity contribution in [3.63, 3.8) is 0 Å². The van der Waals surface area contributed by atoms with Crippen LogP contribution in [0, 0.1) is 25.2 Å². The molecule has 0 saturated carbocycles. The van der Waals surface area contributed by atoms with Crippen LogP contribution in [-0.2, 0) is 19.4 Å². The Bertz CT molecular complexity index is 1230. The summed E-state index contributed by atoms with van der Waals surface area (Å²) >= 11 is 1.83. The number of aromatic nitrogens is 4. The molecule has 4 aromatic rings. The fourth-order valence-electron chi connectivity index (χ4n) is 4.58. The molecule has 3 aromatic heterocycles. The zero-order valence-electron chi connectivity index (χ0n) is 18.3. The van der Waals surface area contributed by atoms with Crippen LogP contribution in [0.5, 0.6) is 5.75 Å². The molecule has 1 aromatic carbocycles. The van der Waals surface area contributed by atoms with E-state index in [1.165, 1.54) is 22.2 Å². The number of thiophene rings is 1. The Labute approximate surface area is 181 Å². The molecule has 1 aliphatic carbocycles. The first-order valence-electron chi connectivity index (χ1n) is 10.6. The second kappa shape index (κ2) is 7.05. The van der Waals surface area contributed by atoms with E-state index in [-0.39, 0.29) is 0 Å². The number of ether oxygens (including phenoxy) is 1. The van der Waals surface area contributed by atoms with E-state index in [0.29, 0.717) is 23.8 Å². The van der Waals surface area contributed by atoms with Gasteiger partial charge in [0.25, 0.3) is 0 Å². The van der Waals surface area contributed by atoms with Gasteiger partial charge in [0, 0.05) is 4.88 Å². The molecule has 0 aliphatic heterocycles. The highest BCUT2D eigenvalue weighted by Crippen LogP contribution is 2.43. The van der Waals surface area contributed by atoms with Crippen molar-refractivity contribution < 1.29 is 4.74 Å². The molecule has 0 spiro atoms. The topological polar surface area (TPSA) is 52.3 Å².